The van der Waals surface area contributed by atoms with Crippen molar-refractivity contribution in [3.8, 4) is 0 Å². The Bertz CT molecular complexity index is 276. The van der Waals surface area contributed by atoms with Crippen LogP contribution in [0, 0.1) is 0 Å². The summed E-state index contributed by atoms with van der Waals surface area (Å²) in [5, 5.41) is 10.2. The summed E-state index contributed by atoms with van der Waals surface area (Å²) in [5.41, 5.74) is -0.380. The molecule has 76 valence electrons. The van der Waals surface area contributed by atoms with Crippen LogP contribution in [0.2, 0.25) is 0 Å². The molecule has 10 heteroatoms. The smallest absolute Gasteiger partial charge is 0.303 e. The van der Waals surface area contributed by atoms with E-state index in [2.05, 4.69) is 23.6 Å². The van der Waals surface area contributed by atoms with Crippen molar-refractivity contribution < 1.29 is 19.2 Å². The van der Waals surface area contributed by atoms with E-state index in [1.54, 1.807) is 0 Å². The first-order chi connectivity index (χ1) is 5.89. The molecule has 0 radical (unpaired) electrons. The second kappa shape index (κ2) is 7.37. The van der Waals surface area contributed by atoms with Gasteiger partial charge in [-0.05, 0) is 10.4 Å². The van der Waals surface area contributed by atoms with Crippen LogP contribution in [-0.4, -0.2) is 35.3 Å². The van der Waals surface area contributed by atoms with Crippen LogP contribution >= 0.6 is 7.82 Å². The molecule has 0 unspecified atom stereocenters. The second-order valence-corrected chi connectivity index (χ2v) is 2.29. The fraction of sp³-hybridized carbons (Fsp3) is 0. The van der Waals surface area contributed by atoms with E-state index in [1.165, 1.54) is 0 Å². The third-order valence-electron chi connectivity index (χ3n) is 0.353. The zero-order valence-corrected chi connectivity index (χ0v) is 7.31. The van der Waals surface area contributed by atoms with Gasteiger partial charge in [0.1, 0.15) is 0 Å². The second-order valence-electron chi connectivity index (χ2n) is 1.27. The first-order valence-corrected chi connectivity index (χ1v) is 4.20. The molecule has 0 amide bonds. The van der Waals surface area contributed by atoms with E-state index in [-0.39, 0.29) is 5.69 Å². The minimum atomic E-state index is -4.64. The van der Waals surface area contributed by atoms with Crippen molar-refractivity contribution in [3.05, 3.63) is 23.6 Å². The van der Waals surface area contributed by atoms with Gasteiger partial charge in [0.25, 0.3) is 0 Å². The van der Waals surface area contributed by atoms with Gasteiger partial charge in [-0.1, -0.05) is 0 Å². The van der Waals surface area contributed by atoms with Crippen LogP contribution in [0.1, 0.15) is 0 Å². The van der Waals surface area contributed by atoms with E-state index in [4.69, 9.17) is 19.2 Å². The van der Waals surface area contributed by atoms with Crippen molar-refractivity contribution >= 4 is 7.82 Å². The largest absolute Gasteiger partial charge is 0.466 e. The van der Waals surface area contributed by atoms with Crippen LogP contribution < -0.4 is 5.69 Å². The highest BCUT2D eigenvalue weighted by Gasteiger charge is 2.00. The number of phosphoric acid groups is 1. The third kappa shape index (κ3) is 24.9. The van der Waals surface area contributed by atoms with E-state index in [1.807, 2.05) is 10.2 Å². The molecule has 1 aromatic rings. The lowest BCUT2D eigenvalue weighted by atomic mass is 11.3. The molecule has 1 aromatic heterocycles. The summed E-state index contributed by atoms with van der Waals surface area (Å²) in [6.45, 7) is 6.00. The fourth-order valence-corrected chi connectivity index (χ4v) is 0.166. The van der Waals surface area contributed by atoms with Crippen molar-refractivity contribution in [1.29, 1.82) is 0 Å². The Morgan fingerprint density at radius 2 is 1.38 bits per heavy atom. The molecule has 0 atom stereocenters. The van der Waals surface area contributed by atoms with Gasteiger partial charge in [0, 0.05) is 0 Å². The molecule has 0 saturated heterocycles. The first-order valence-electron chi connectivity index (χ1n) is 2.63. The van der Waals surface area contributed by atoms with Crippen molar-refractivity contribution in [2.24, 2.45) is 0 Å². The average Bonchev–Trinajstić information content (AvgIpc) is 2.40. The van der Waals surface area contributed by atoms with Gasteiger partial charge in [-0.15, -0.1) is 13.2 Å². The summed E-state index contributed by atoms with van der Waals surface area (Å²) >= 11 is 0. The lowest BCUT2D eigenvalue weighted by Crippen LogP contribution is -2.00. The number of tetrazole rings is 1. The molecule has 5 N–H and O–H groups in total. The molecular weight excluding hydrogens is 203 g/mol. The highest BCUT2D eigenvalue weighted by molar-refractivity contribution is 7.45. The maximum atomic E-state index is 9.83. The van der Waals surface area contributed by atoms with E-state index in [9.17, 15) is 4.79 Å². The molecule has 1 rings (SSSR count). The topological polar surface area (TPSA) is 152 Å². The number of aromatic nitrogens is 4. The number of hydrogen-bond donors (Lipinski definition) is 5. The zero-order valence-electron chi connectivity index (χ0n) is 6.41. The minimum Gasteiger partial charge on any atom is -0.303 e. The minimum absolute atomic E-state index is 0.380. The molecule has 0 spiro atoms. The lowest BCUT2D eigenvalue weighted by Gasteiger charge is -1.82. The lowest BCUT2D eigenvalue weighted by molar-refractivity contribution is 0.275. The van der Waals surface area contributed by atoms with Crippen LogP contribution in [0.4, 0.5) is 0 Å². The van der Waals surface area contributed by atoms with Gasteiger partial charge < -0.3 is 14.7 Å². The maximum Gasteiger partial charge on any atom is 0.466 e. The molecule has 9 nitrogen and oxygen atoms in total. The number of rotatable bonds is 0. The van der Waals surface area contributed by atoms with E-state index < -0.39 is 7.82 Å². The van der Waals surface area contributed by atoms with Crippen molar-refractivity contribution in [2.45, 2.75) is 0 Å². The van der Waals surface area contributed by atoms with E-state index >= 15 is 0 Å². The van der Waals surface area contributed by atoms with Gasteiger partial charge in [0.05, 0.1) is 0 Å². The van der Waals surface area contributed by atoms with Gasteiger partial charge in [-0.3, -0.25) is 0 Å². The Morgan fingerprint density at radius 3 is 1.46 bits per heavy atom. The Morgan fingerprint density at radius 1 is 1.15 bits per heavy atom. The Kier molecular flexibility index (Phi) is 8.09. The van der Waals surface area contributed by atoms with Crippen molar-refractivity contribution in [1.82, 2.24) is 20.6 Å². The molecule has 1 heterocycles. The van der Waals surface area contributed by atoms with Gasteiger partial charge in [0.15, 0.2) is 0 Å². The van der Waals surface area contributed by atoms with Gasteiger partial charge in [-0.2, -0.15) is 0 Å². The molecule has 0 aliphatic rings. The molecule has 0 saturated carbocycles. The summed E-state index contributed by atoms with van der Waals surface area (Å²) in [4.78, 5) is 31.4. The Hall–Kier alpha value is -1.28. The summed E-state index contributed by atoms with van der Waals surface area (Å²) in [6.07, 6.45) is 0. The molecular formula is C3H9N4O5P. The number of nitrogens with one attached hydrogen (secondary N) is 2. The van der Waals surface area contributed by atoms with E-state index in [0.29, 0.717) is 0 Å². The van der Waals surface area contributed by atoms with Gasteiger partial charge in [0.2, 0.25) is 0 Å². The monoisotopic (exact) mass is 212 g/mol. The third-order valence-corrected chi connectivity index (χ3v) is 0.353. The van der Waals surface area contributed by atoms with Crippen molar-refractivity contribution in [2.75, 3.05) is 0 Å². The highest BCUT2D eigenvalue weighted by atomic mass is 31.2. The van der Waals surface area contributed by atoms with E-state index in [0.717, 1.165) is 0 Å². The predicted molar refractivity (Wildman–Crippen MR) is 42.5 cm³/mol. The number of hydrogen-bond acceptors (Lipinski definition) is 4. The van der Waals surface area contributed by atoms with Crippen LogP contribution in [0.15, 0.2) is 18.0 Å². The number of aromatic amines is 2. The summed E-state index contributed by atoms with van der Waals surface area (Å²) in [5.74, 6) is 0. The molecule has 13 heavy (non-hydrogen) atoms. The quantitative estimate of drug-likeness (QED) is 0.255. The Balaban J connectivity index is 0. The molecule has 0 fully saturated rings. The average molecular weight is 212 g/mol. The number of H-pyrrole nitrogens is 2. The maximum absolute atomic E-state index is 9.83. The normalized spacial score (nSPS) is 8.85. The summed E-state index contributed by atoms with van der Waals surface area (Å²) in [6, 6.07) is 0. The number of nitrogens with zero attached hydrogens (tertiary/aromatic N) is 2. The Labute approximate surface area is 72.4 Å². The molecule has 0 bridgehead atoms. The predicted octanol–water partition coefficient (Wildman–Crippen LogP) is -1.63. The zero-order chi connectivity index (χ0) is 10.9. The summed E-state index contributed by atoms with van der Waals surface area (Å²) in [7, 11) is -4.64. The van der Waals surface area contributed by atoms with Gasteiger partial charge in [-0.25, -0.2) is 19.6 Å². The standard InChI is InChI=1S/C2H4.CH2N4O.H3O4P/c1-2;6-1-2-4-5-3-1;1-5(2,3)4/h1-2H2;(H2,2,3,4,5,6);(H3,1,2,3,4). The first kappa shape index (κ1) is 14.3. The highest BCUT2D eigenvalue weighted by Crippen LogP contribution is 2.25. The van der Waals surface area contributed by atoms with Crippen molar-refractivity contribution in [3.63, 3.8) is 0 Å². The fourth-order valence-electron chi connectivity index (χ4n) is 0.166. The van der Waals surface area contributed by atoms with Crippen LogP contribution in [0.5, 0.6) is 0 Å². The molecule has 0 aliphatic carbocycles. The summed E-state index contributed by atoms with van der Waals surface area (Å²) < 4.78 is 8.88. The van der Waals surface area contributed by atoms with Gasteiger partial charge >= 0.3 is 13.5 Å². The SMILES string of the molecule is C=C.O=P(O)(O)O.O=c1[nH]nn[nH]1. The van der Waals surface area contributed by atoms with Crippen LogP contribution in [-0.2, 0) is 4.57 Å². The van der Waals surface area contributed by atoms with Crippen LogP contribution in [0.3, 0.4) is 0 Å². The molecule has 0 aromatic carbocycles. The van der Waals surface area contributed by atoms with Crippen LogP contribution in [0.25, 0.3) is 0 Å². The molecule has 0 aliphatic heterocycles.